The third-order valence-corrected chi connectivity index (χ3v) is 4.15. The first-order chi connectivity index (χ1) is 12.1. The summed E-state index contributed by atoms with van der Waals surface area (Å²) in [5.41, 5.74) is -0.688. The van der Waals surface area contributed by atoms with Gasteiger partial charge in [0.05, 0.1) is 11.3 Å². The second-order valence-electron chi connectivity index (χ2n) is 6.68. The molecule has 0 fully saturated rings. The molecule has 6 heteroatoms. The number of hydrogen-bond acceptors (Lipinski definition) is 2. The maximum Gasteiger partial charge on any atom is 0.416 e. The predicted molar refractivity (Wildman–Crippen MR) is 91.2 cm³/mol. The molecule has 0 amide bonds. The van der Waals surface area contributed by atoms with Crippen LogP contribution >= 0.6 is 0 Å². The molecule has 136 valence electrons. The van der Waals surface area contributed by atoms with Gasteiger partial charge < -0.3 is 4.74 Å². The van der Waals surface area contributed by atoms with Gasteiger partial charge >= 0.3 is 6.18 Å². The van der Waals surface area contributed by atoms with E-state index >= 15 is 0 Å². The zero-order valence-corrected chi connectivity index (χ0v) is 14.2. The largest absolute Gasteiger partial charge is 0.457 e. The Balaban J connectivity index is 1.85. The Morgan fingerprint density at radius 1 is 1.12 bits per heavy atom. The number of ether oxygens (including phenoxy) is 1. The lowest BCUT2D eigenvalue weighted by Gasteiger charge is -2.26. The van der Waals surface area contributed by atoms with Gasteiger partial charge in [0.15, 0.2) is 0 Å². The van der Waals surface area contributed by atoms with E-state index in [1.165, 1.54) is 24.4 Å². The van der Waals surface area contributed by atoms with Crippen molar-refractivity contribution in [2.24, 2.45) is 5.41 Å². The molecule has 2 aromatic rings. The summed E-state index contributed by atoms with van der Waals surface area (Å²) >= 11 is 0. The van der Waals surface area contributed by atoms with Gasteiger partial charge in [-0.3, -0.25) is 4.98 Å². The number of alkyl halides is 4. The van der Waals surface area contributed by atoms with Crippen LogP contribution in [0.1, 0.15) is 19.4 Å². The average molecular weight is 363 g/mol. The summed E-state index contributed by atoms with van der Waals surface area (Å²) in [6, 6.07) is 8.00. The molecule has 1 unspecified atom stereocenters. The van der Waals surface area contributed by atoms with E-state index in [1.807, 2.05) is 0 Å². The minimum absolute atomic E-state index is 0.322. The molecule has 0 N–H and O–H groups in total. The van der Waals surface area contributed by atoms with Crippen LogP contribution < -0.4 is 4.74 Å². The van der Waals surface area contributed by atoms with Crippen molar-refractivity contribution in [1.82, 2.24) is 4.98 Å². The van der Waals surface area contributed by atoms with Crippen LogP contribution in [0.25, 0.3) is 11.3 Å². The Bertz CT molecular complexity index is 868. The fourth-order valence-corrected chi connectivity index (χ4v) is 2.49. The third kappa shape index (κ3) is 3.95. The lowest BCUT2D eigenvalue weighted by atomic mass is 9.84. The van der Waals surface area contributed by atoms with Gasteiger partial charge in [0.2, 0.25) is 0 Å². The van der Waals surface area contributed by atoms with Crippen LogP contribution in [0.5, 0.6) is 5.75 Å². The molecule has 0 bridgehead atoms. The normalized spacial score (nSPS) is 19.2. The highest BCUT2D eigenvalue weighted by atomic mass is 19.4. The molecular formula is C20H17F4NO. The molecule has 2 nitrogen and oxygen atoms in total. The molecule has 1 aromatic heterocycles. The topological polar surface area (TPSA) is 22.1 Å². The van der Waals surface area contributed by atoms with E-state index in [-0.39, 0.29) is 0 Å². The molecule has 0 aliphatic heterocycles. The summed E-state index contributed by atoms with van der Waals surface area (Å²) in [7, 11) is 0. The SMILES string of the molecule is CC1(C)C=CC(Oc2ccnc(-c3cccc(C(F)(F)F)c3)c2)=CC1F. The number of halogens is 4. The second-order valence-corrected chi connectivity index (χ2v) is 6.68. The fourth-order valence-electron chi connectivity index (χ4n) is 2.49. The van der Waals surface area contributed by atoms with Crippen molar-refractivity contribution < 1.29 is 22.3 Å². The van der Waals surface area contributed by atoms with Crippen molar-refractivity contribution in [2.45, 2.75) is 26.2 Å². The Hall–Kier alpha value is -2.63. The first kappa shape index (κ1) is 18.2. The van der Waals surface area contributed by atoms with Crippen LogP contribution in [0, 0.1) is 5.41 Å². The van der Waals surface area contributed by atoms with Crippen molar-refractivity contribution in [1.29, 1.82) is 0 Å². The van der Waals surface area contributed by atoms with E-state index in [1.54, 1.807) is 38.1 Å². The molecule has 1 aliphatic rings. The number of rotatable bonds is 3. The standard InChI is InChI=1S/C20H17F4NO/c1-19(2)8-6-15(12-18(19)21)26-16-7-9-25-17(11-16)13-4-3-5-14(10-13)20(22,23)24/h3-12,18H,1-2H3. The molecule has 1 aromatic carbocycles. The molecule has 0 saturated heterocycles. The second kappa shape index (κ2) is 6.59. The van der Waals surface area contributed by atoms with Crippen molar-refractivity contribution in [2.75, 3.05) is 0 Å². The monoisotopic (exact) mass is 363 g/mol. The Morgan fingerprint density at radius 3 is 2.58 bits per heavy atom. The van der Waals surface area contributed by atoms with Gasteiger partial charge in [-0.15, -0.1) is 0 Å². The van der Waals surface area contributed by atoms with E-state index in [0.29, 0.717) is 22.8 Å². The number of pyridine rings is 1. The van der Waals surface area contributed by atoms with Gasteiger partial charge in [0.1, 0.15) is 17.7 Å². The van der Waals surface area contributed by atoms with Crippen molar-refractivity contribution in [3.05, 3.63) is 72.1 Å². The number of benzene rings is 1. The smallest absolute Gasteiger partial charge is 0.416 e. The fraction of sp³-hybridized carbons (Fsp3) is 0.250. The summed E-state index contributed by atoms with van der Waals surface area (Å²) in [5, 5.41) is 0. The van der Waals surface area contributed by atoms with Crippen LogP contribution in [0.2, 0.25) is 0 Å². The quantitative estimate of drug-likeness (QED) is 0.627. The molecule has 26 heavy (non-hydrogen) atoms. The zero-order chi connectivity index (χ0) is 18.9. The summed E-state index contributed by atoms with van der Waals surface area (Å²) in [6.45, 7) is 3.55. The number of allylic oxidation sites excluding steroid dienone is 3. The molecule has 3 rings (SSSR count). The molecule has 1 heterocycles. The molecule has 0 saturated carbocycles. The maximum atomic E-state index is 14.1. The van der Waals surface area contributed by atoms with E-state index in [4.69, 9.17) is 4.74 Å². The van der Waals surface area contributed by atoms with Crippen LogP contribution in [0.15, 0.2) is 66.6 Å². The van der Waals surface area contributed by atoms with Gasteiger partial charge in [-0.05, 0) is 30.4 Å². The van der Waals surface area contributed by atoms with E-state index in [9.17, 15) is 17.6 Å². The number of nitrogens with zero attached hydrogens (tertiary/aromatic N) is 1. The van der Waals surface area contributed by atoms with Crippen molar-refractivity contribution in [3.8, 4) is 17.0 Å². The minimum atomic E-state index is -4.43. The van der Waals surface area contributed by atoms with E-state index in [2.05, 4.69) is 4.98 Å². The first-order valence-electron chi connectivity index (χ1n) is 8.02. The minimum Gasteiger partial charge on any atom is -0.457 e. The molecule has 0 spiro atoms. The lowest BCUT2D eigenvalue weighted by molar-refractivity contribution is -0.137. The molecule has 1 aliphatic carbocycles. The lowest BCUT2D eigenvalue weighted by Crippen LogP contribution is -2.24. The average Bonchev–Trinajstić information content (AvgIpc) is 2.58. The summed E-state index contributed by atoms with van der Waals surface area (Å²) in [6.07, 6.45) is 0.610. The van der Waals surface area contributed by atoms with Crippen LogP contribution in [0.3, 0.4) is 0 Å². The number of hydrogen-bond donors (Lipinski definition) is 0. The van der Waals surface area contributed by atoms with Gasteiger partial charge in [-0.2, -0.15) is 13.2 Å². The summed E-state index contributed by atoms with van der Waals surface area (Å²) in [5.74, 6) is 0.716. The Kier molecular flexibility index (Phi) is 4.61. The van der Waals surface area contributed by atoms with Crippen molar-refractivity contribution in [3.63, 3.8) is 0 Å². The van der Waals surface area contributed by atoms with Crippen LogP contribution in [0.4, 0.5) is 17.6 Å². The van der Waals surface area contributed by atoms with Crippen molar-refractivity contribution >= 4 is 0 Å². The molecule has 1 atom stereocenters. The van der Waals surface area contributed by atoms with Gasteiger partial charge in [-0.1, -0.05) is 32.1 Å². The van der Waals surface area contributed by atoms with Gasteiger partial charge in [0, 0.05) is 23.2 Å². The van der Waals surface area contributed by atoms with E-state index < -0.39 is 23.3 Å². The highest BCUT2D eigenvalue weighted by Crippen LogP contribution is 2.34. The molecular weight excluding hydrogens is 346 g/mol. The number of aromatic nitrogens is 1. The summed E-state index contributed by atoms with van der Waals surface area (Å²) < 4.78 is 58.4. The van der Waals surface area contributed by atoms with E-state index in [0.717, 1.165) is 12.1 Å². The highest BCUT2D eigenvalue weighted by molar-refractivity contribution is 5.61. The van der Waals surface area contributed by atoms with Gasteiger partial charge in [-0.25, -0.2) is 4.39 Å². The summed E-state index contributed by atoms with van der Waals surface area (Å²) in [4.78, 5) is 4.11. The first-order valence-corrected chi connectivity index (χ1v) is 8.02. The zero-order valence-electron chi connectivity index (χ0n) is 14.2. The Labute approximate surface area is 148 Å². The van der Waals surface area contributed by atoms with Crippen LogP contribution in [-0.4, -0.2) is 11.2 Å². The predicted octanol–water partition coefficient (Wildman–Crippen LogP) is 5.96. The third-order valence-electron chi connectivity index (χ3n) is 4.15. The molecule has 0 radical (unpaired) electrons. The Morgan fingerprint density at radius 2 is 1.88 bits per heavy atom. The van der Waals surface area contributed by atoms with Gasteiger partial charge in [0.25, 0.3) is 0 Å². The van der Waals surface area contributed by atoms with Crippen LogP contribution in [-0.2, 0) is 6.18 Å². The highest BCUT2D eigenvalue weighted by Gasteiger charge is 2.31. The maximum absolute atomic E-state index is 14.1.